The molecule has 1 saturated heterocycles. The van der Waals surface area contributed by atoms with Crippen LogP contribution in [0.1, 0.15) is 12.8 Å². The molecule has 0 bridgehead atoms. The zero-order valence-electron chi connectivity index (χ0n) is 17.5. The quantitative estimate of drug-likeness (QED) is 0.492. The molecule has 4 rings (SSSR count). The molecule has 1 aromatic carbocycles. The van der Waals surface area contributed by atoms with E-state index in [9.17, 15) is 13.2 Å². The second-order valence-corrected chi connectivity index (χ2v) is 10.3. The largest absolute Gasteiger partial charge is 0.284 e. The van der Waals surface area contributed by atoms with Gasteiger partial charge in [0.05, 0.1) is 5.69 Å². The number of rotatable bonds is 7. The minimum Gasteiger partial charge on any atom is -0.284 e. The number of carbonyl (C=O) groups is 1. The SMILES string of the molecule is C=CCN(C(=O)C1CCN(S(=O)(=O)c2cccnc2)CC1)c1nc(-c2ccccc2)cs1. The third-order valence-corrected chi connectivity index (χ3v) is 8.19. The molecule has 1 aliphatic heterocycles. The van der Waals surface area contributed by atoms with E-state index >= 15 is 0 Å². The van der Waals surface area contributed by atoms with Gasteiger partial charge in [0.25, 0.3) is 0 Å². The van der Waals surface area contributed by atoms with Crippen molar-refractivity contribution in [2.45, 2.75) is 17.7 Å². The van der Waals surface area contributed by atoms with Crippen LogP contribution in [-0.2, 0) is 14.8 Å². The molecule has 0 spiro atoms. The maximum Gasteiger partial charge on any atom is 0.244 e. The lowest BCUT2D eigenvalue weighted by molar-refractivity contribution is -0.123. The number of hydrogen-bond donors (Lipinski definition) is 0. The first-order valence-corrected chi connectivity index (χ1v) is 12.7. The Balaban J connectivity index is 1.46. The number of anilines is 1. The Morgan fingerprint density at radius 1 is 1.19 bits per heavy atom. The molecule has 0 aliphatic carbocycles. The lowest BCUT2D eigenvalue weighted by Gasteiger charge is -2.32. The van der Waals surface area contributed by atoms with Crippen LogP contribution in [0.4, 0.5) is 5.13 Å². The van der Waals surface area contributed by atoms with E-state index in [0.717, 1.165) is 11.3 Å². The number of sulfonamides is 1. The fraction of sp³-hybridized carbons (Fsp3) is 0.261. The summed E-state index contributed by atoms with van der Waals surface area (Å²) < 4.78 is 27.1. The smallest absolute Gasteiger partial charge is 0.244 e. The van der Waals surface area contributed by atoms with Crippen molar-refractivity contribution in [3.05, 3.63) is 72.9 Å². The van der Waals surface area contributed by atoms with E-state index in [0.29, 0.717) is 37.6 Å². The zero-order chi connectivity index (χ0) is 22.6. The van der Waals surface area contributed by atoms with Crippen LogP contribution < -0.4 is 4.90 Å². The van der Waals surface area contributed by atoms with E-state index in [1.807, 2.05) is 35.7 Å². The van der Waals surface area contributed by atoms with Gasteiger partial charge in [-0.15, -0.1) is 17.9 Å². The van der Waals surface area contributed by atoms with Gasteiger partial charge in [0, 0.05) is 48.9 Å². The van der Waals surface area contributed by atoms with Gasteiger partial charge < -0.3 is 0 Å². The van der Waals surface area contributed by atoms with Crippen molar-refractivity contribution in [2.75, 3.05) is 24.5 Å². The minimum atomic E-state index is -3.60. The average Bonchev–Trinajstić information content (AvgIpc) is 3.33. The van der Waals surface area contributed by atoms with Crippen molar-refractivity contribution in [1.82, 2.24) is 14.3 Å². The number of aromatic nitrogens is 2. The van der Waals surface area contributed by atoms with Gasteiger partial charge in [0.1, 0.15) is 4.90 Å². The number of hydrogen-bond acceptors (Lipinski definition) is 6. The Morgan fingerprint density at radius 3 is 2.59 bits per heavy atom. The Bertz CT molecular complexity index is 1170. The van der Waals surface area contributed by atoms with Crippen LogP contribution in [0.2, 0.25) is 0 Å². The maximum absolute atomic E-state index is 13.3. The fourth-order valence-corrected chi connectivity index (χ4v) is 6.02. The molecule has 32 heavy (non-hydrogen) atoms. The predicted octanol–water partition coefficient (Wildman–Crippen LogP) is 3.83. The van der Waals surface area contributed by atoms with E-state index in [-0.39, 0.29) is 16.7 Å². The second-order valence-electron chi connectivity index (χ2n) is 7.49. The number of nitrogens with zero attached hydrogens (tertiary/aromatic N) is 4. The molecule has 1 fully saturated rings. The maximum atomic E-state index is 13.3. The highest BCUT2D eigenvalue weighted by Gasteiger charge is 2.34. The van der Waals surface area contributed by atoms with Crippen LogP contribution in [0.5, 0.6) is 0 Å². The van der Waals surface area contributed by atoms with Gasteiger partial charge in [-0.05, 0) is 25.0 Å². The van der Waals surface area contributed by atoms with Crippen molar-refractivity contribution in [2.24, 2.45) is 5.92 Å². The summed E-state index contributed by atoms with van der Waals surface area (Å²) in [5.41, 5.74) is 1.82. The number of piperidine rings is 1. The lowest BCUT2D eigenvalue weighted by atomic mass is 9.96. The summed E-state index contributed by atoms with van der Waals surface area (Å²) in [5.74, 6) is -0.309. The van der Waals surface area contributed by atoms with E-state index in [1.54, 1.807) is 23.2 Å². The van der Waals surface area contributed by atoms with Gasteiger partial charge in [-0.25, -0.2) is 13.4 Å². The normalized spacial score (nSPS) is 15.4. The summed E-state index contributed by atoms with van der Waals surface area (Å²) in [6, 6.07) is 13.0. The van der Waals surface area contributed by atoms with E-state index in [2.05, 4.69) is 16.5 Å². The number of pyridine rings is 1. The highest BCUT2D eigenvalue weighted by atomic mass is 32.2. The van der Waals surface area contributed by atoms with Gasteiger partial charge in [-0.1, -0.05) is 36.4 Å². The fourth-order valence-electron chi connectivity index (χ4n) is 3.73. The Morgan fingerprint density at radius 2 is 1.94 bits per heavy atom. The van der Waals surface area contributed by atoms with E-state index < -0.39 is 10.0 Å². The summed E-state index contributed by atoms with van der Waals surface area (Å²) in [6.07, 6.45) is 5.50. The molecule has 7 nitrogen and oxygen atoms in total. The molecule has 166 valence electrons. The molecule has 3 heterocycles. The summed E-state index contributed by atoms with van der Waals surface area (Å²) >= 11 is 1.42. The molecule has 1 amide bonds. The topological polar surface area (TPSA) is 83.5 Å². The molecule has 3 aromatic rings. The summed E-state index contributed by atoms with van der Waals surface area (Å²) in [5, 5.41) is 2.57. The first-order valence-electron chi connectivity index (χ1n) is 10.3. The van der Waals surface area contributed by atoms with Crippen LogP contribution >= 0.6 is 11.3 Å². The molecular weight excluding hydrogens is 444 g/mol. The van der Waals surface area contributed by atoms with E-state index in [4.69, 9.17) is 0 Å². The molecular formula is C23H24N4O3S2. The number of carbonyl (C=O) groups excluding carboxylic acids is 1. The number of amides is 1. The second kappa shape index (κ2) is 9.72. The predicted molar refractivity (Wildman–Crippen MR) is 126 cm³/mol. The van der Waals surface area contributed by atoms with Crippen molar-refractivity contribution in [1.29, 1.82) is 0 Å². The standard InChI is InChI=1S/C23H24N4O3S2/c1-2-13-27(23-25-21(17-31-23)18-7-4-3-5-8-18)22(28)19-10-14-26(15-11-19)32(29,30)20-9-6-12-24-16-20/h2-9,12,16-17,19H,1,10-11,13-15H2. The van der Waals surface area contributed by atoms with Crippen molar-refractivity contribution >= 4 is 32.4 Å². The van der Waals surface area contributed by atoms with Crippen molar-refractivity contribution < 1.29 is 13.2 Å². The van der Waals surface area contributed by atoms with Crippen molar-refractivity contribution in [3.8, 4) is 11.3 Å². The Hall–Kier alpha value is -2.88. The van der Waals surface area contributed by atoms with Gasteiger partial charge in [0.2, 0.25) is 15.9 Å². The van der Waals surface area contributed by atoms with Crippen LogP contribution in [0, 0.1) is 5.92 Å². The molecule has 2 aromatic heterocycles. The molecule has 0 saturated carbocycles. The van der Waals surface area contributed by atoms with Gasteiger partial charge >= 0.3 is 0 Å². The summed E-state index contributed by atoms with van der Waals surface area (Å²) in [7, 11) is -3.60. The zero-order valence-corrected chi connectivity index (χ0v) is 19.1. The third-order valence-electron chi connectivity index (χ3n) is 5.45. The van der Waals surface area contributed by atoms with Gasteiger partial charge in [0.15, 0.2) is 5.13 Å². The molecule has 0 radical (unpaired) electrons. The molecule has 0 N–H and O–H groups in total. The Labute approximate surface area is 192 Å². The van der Waals surface area contributed by atoms with Crippen LogP contribution in [0.3, 0.4) is 0 Å². The third kappa shape index (κ3) is 4.64. The first-order chi connectivity index (χ1) is 15.5. The monoisotopic (exact) mass is 468 g/mol. The van der Waals surface area contributed by atoms with Crippen LogP contribution in [0.25, 0.3) is 11.3 Å². The summed E-state index contributed by atoms with van der Waals surface area (Å²) in [4.78, 5) is 23.7. The first kappa shape index (κ1) is 22.3. The van der Waals surface area contributed by atoms with E-state index in [1.165, 1.54) is 27.9 Å². The average molecular weight is 469 g/mol. The molecule has 0 atom stereocenters. The minimum absolute atomic E-state index is 0.0442. The summed E-state index contributed by atoms with van der Waals surface area (Å²) in [6.45, 7) is 4.73. The highest BCUT2D eigenvalue weighted by Crippen LogP contribution is 2.31. The molecule has 0 unspecified atom stereocenters. The molecule has 1 aliphatic rings. The Kier molecular flexibility index (Phi) is 6.78. The number of thiazole rings is 1. The number of benzene rings is 1. The highest BCUT2D eigenvalue weighted by molar-refractivity contribution is 7.89. The van der Waals surface area contributed by atoms with Crippen LogP contribution in [-0.4, -0.2) is 48.2 Å². The van der Waals surface area contributed by atoms with Gasteiger partial charge in [-0.3, -0.25) is 14.7 Å². The lowest BCUT2D eigenvalue weighted by Crippen LogP contribution is -2.44. The molecule has 9 heteroatoms. The van der Waals surface area contributed by atoms with Gasteiger partial charge in [-0.2, -0.15) is 4.31 Å². The van der Waals surface area contributed by atoms with Crippen LogP contribution in [0.15, 0.2) is 77.8 Å². The van der Waals surface area contributed by atoms with Crippen molar-refractivity contribution in [3.63, 3.8) is 0 Å².